The molecular weight excluding hydrogens is 659 g/mol. The van der Waals surface area contributed by atoms with Crippen LogP contribution in [0.3, 0.4) is 0 Å². The van der Waals surface area contributed by atoms with E-state index in [1.165, 1.54) is 16.2 Å². The molecule has 0 aliphatic carbocycles. The number of hydrogen-bond donors (Lipinski definition) is 0. The molecule has 252 valence electrons. The van der Waals surface area contributed by atoms with Crippen molar-refractivity contribution in [2.75, 3.05) is 0 Å². The maximum atomic E-state index is 7.07. The van der Waals surface area contributed by atoms with Crippen LogP contribution in [0.5, 0.6) is 0 Å². The molecule has 4 heteroatoms. The minimum absolute atomic E-state index is 0.616. The van der Waals surface area contributed by atoms with Gasteiger partial charge in [-0.3, -0.25) is 0 Å². The molecule has 0 aliphatic heterocycles. The average molecular weight is 690 g/mol. The van der Waals surface area contributed by atoms with Crippen LogP contribution in [0.4, 0.5) is 0 Å². The molecule has 0 amide bonds. The lowest BCUT2D eigenvalue weighted by Crippen LogP contribution is -1.96. The Labute approximate surface area is 311 Å². The van der Waals surface area contributed by atoms with Crippen molar-refractivity contribution in [2.45, 2.75) is 0 Å². The Kier molecular flexibility index (Phi) is 6.82. The zero-order valence-electron chi connectivity index (χ0n) is 29.1. The summed E-state index contributed by atoms with van der Waals surface area (Å²) in [5.74, 6) is 0.616. The molecule has 0 spiro atoms. The van der Waals surface area contributed by atoms with Crippen LogP contribution in [0.1, 0.15) is 0 Å². The minimum Gasteiger partial charge on any atom is -0.453 e. The third-order valence-corrected chi connectivity index (χ3v) is 10.6. The molecule has 0 saturated heterocycles. The largest absolute Gasteiger partial charge is 0.453 e. The molecule has 0 unspecified atom stereocenters. The molecule has 0 atom stereocenters. The lowest BCUT2D eigenvalue weighted by molar-refractivity contribution is 0.671. The van der Waals surface area contributed by atoms with Crippen LogP contribution in [-0.4, -0.2) is 14.5 Å². The fourth-order valence-electron chi connectivity index (χ4n) is 8.03. The zero-order chi connectivity index (χ0) is 35.6. The summed E-state index contributed by atoms with van der Waals surface area (Å²) in [7, 11) is 0. The van der Waals surface area contributed by atoms with E-state index in [1.54, 1.807) is 0 Å². The Balaban J connectivity index is 1.17. The number of fused-ring (bicyclic) bond motifs is 8. The van der Waals surface area contributed by atoms with Crippen molar-refractivity contribution >= 4 is 54.5 Å². The molecule has 0 fully saturated rings. The standard InChI is InChI=1S/C50H31N3O/c1-3-13-32(14-4-1)35-17-11-18-36(29-35)44-31-45(37-26-25-33-15-7-8-16-34(33)30-37)52-50(51-44)43-23-12-22-41-42-28-27-40-39-21-9-10-24-46(39)53(38-19-5-2-6-20-38)47(40)49(42)54-48(41)43/h1-31H. The van der Waals surface area contributed by atoms with Gasteiger partial charge in [0, 0.05) is 38.4 Å². The smallest absolute Gasteiger partial charge is 0.164 e. The SMILES string of the molecule is c1ccc(-c2cccc(-c3cc(-c4ccc5ccccc5c4)nc(-c4cccc5c4oc4c5ccc5c6ccccc6n(-c6ccccc6)c54)n3)c2)cc1. The second-order valence-electron chi connectivity index (χ2n) is 13.8. The van der Waals surface area contributed by atoms with Crippen LogP contribution in [0, 0.1) is 0 Å². The molecular formula is C50H31N3O. The Morgan fingerprint density at radius 1 is 0.389 bits per heavy atom. The summed E-state index contributed by atoms with van der Waals surface area (Å²) < 4.78 is 9.39. The molecule has 0 N–H and O–H groups in total. The highest BCUT2D eigenvalue weighted by Gasteiger charge is 2.22. The summed E-state index contributed by atoms with van der Waals surface area (Å²) in [5.41, 5.74) is 11.8. The predicted molar refractivity (Wildman–Crippen MR) is 223 cm³/mol. The van der Waals surface area contributed by atoms with Gasteiger partial charge in [-0.15, -0.1) is 0 Å². The van der Waals surface area contributed by atoms with E-state index in [2.05, 4.69) is 187 Å². The monoisotopic (exact) mass is 689 g/mol. The van der Waals surface area contributed by atoms with Gasteiger partial charge in [-0.25, -0.2) is 9.97 Å². The first-order valence-corrected chi connectivity index (χ1v) is 18.2. The normalized spacial score (nSPS) is 11.7. The van der Waals surface area contributed by atoms with Gasteiger partial charge in [0.1, 0.15) is 5.58 Å². The van der Waals surface area contributed by atoms with Crippen molar-refractivity contribution in [1.29, 1.82) is 0 Å². The summed E-state index contributed by atoms with van der Waals surface area (Å²) in [5, 5.41) is 6.78. The van der Waals surface area contributed by atoms with E-state index in [0.717, 1.165) is 83.3 Å². The van der Waals surface area contributed by atoms with Crippen molar-refractivity contribution in [3.63, 3.8) is 0 Å². The van der Waals surface area contributed by atoms with Gasteiger partial charge in [0.2, 0.25) is 0 Å². The Bertz CT molecular complexity index is 3210. The molecule has 0 aliphatic rings. The lowest BCUT2D eigenvalue weighted by atomic mass is 10.00. The van der Waals surface area contributed by atoms with E-state index in [-0.39, 0.29) is 0 Å². The van der Waals surface area contributed by atoms with Crippen molar-refractivity contribution in [3.05, 3.63) is 188 Å². The number of nitrogens with zero attached hydrogens (tertiary/aromatic N) is 3. The first-order chi connectivity index (χ1) is 26.8. The molecule has 11 rings (SSSR count). The summed E-state index contributed by atoms with van der Waals surface area (Å²) in [6.45, 7) is 0. The highest BCUT2D eigenvalue weighted by molar-refractivity contribution is 6.22. The van der Waals surface area contributed by atoms with E-state index in [4.69, 9.17) is 14.4 Å². The molecule has 11 aromatic rings. The zero-order valence-corrected chi connectivity index (χ0v) is 29.1. The topological polar surface area (TPSA) is 43.9 Å². The maximum absolute atomic E-state index is 7.07. The average Bonchev–Trinajstić information content (AvgIpc) is 3.80. The molecule has 0 radical (unpaired) electrons. The van der Waals surface area contributed by atoms with Crippen LogP contribution < -0.4 is 0 Å². The van der Waals surface area contributed by atoms with Crippen molar-refractivity contribution in [2.24, 2.45) is 0 Å². The lowest BCUT2D eigenvalue weighted by Gasteiger charge is -2.11. The maximum Gasteiger partial charge on any atom is 0.164 e. The molecule has 4 nitrogen and oxygen atoms in total. The van der Waals surface area contributed by atoms with Gasteiger partial charge < -0.3 is 8.98 Å². The van der Waals surface area contributed by atoms with Gasteiger partial charge in [0.05, 0.1) is 28.0 Å². The van der Waals surface area contributed by atoms with E-state index in [0.29, 0.717) is 5.82 Å². The molecule has 0 bridgehead atoms. The molecule has 0 saturated carbocycles. The number of rotatable bonds is 5. The third kappa shape index (κ3) is 4.85. The quantitative estimate of drug-likeness (QED) is 0.181. The number of aromatic nitrogens is 3. The van der Waals surface area contributed by atoms with Crippen molar-refractivity contribution in [3.8, 4) is 50.7 Å². The molecule has 54 heavy (non-hydrogen) atoms. The van der Waals surface area contributed by atoms with E-state index in [1.807, 2.05) is 6.07 Å². The van der Waals surface area contributed by atoms with Gasteiger partial charge >= 0.3 is 0 Å². The fourth-order valence-corrected chi connectivity index (χ4v) is 8.03. The third-order valence-electron chi connectivity index (χ3n) is 10.6. The molecule has 8 aromatic carbocycles. The van der Waals surface area contributed by atoms with Gasteiger partial charge in [0.15, 0.2) is 11.4 Å². The van der Waals surface area contributed by atoms with Crippen LogP contribution in [0.2, 0.25) is 0 Å². The Morgan fingerprint density at radius 3 is 1.87 bits per heavy atom. The van der Waals surface area contributed by atoms with Gasteiger partial charge in [-0.1, -0.05) is 140 Å². The van der Waals surface area contributed by atoms with Crippen LogP contribution >= 0.6 is 0 Å². The number of furan rings is 1. The van der Waals surface area contributed by atoms with Crippen molar-refractivity contribution < 1.29 is 4.42 Å². The Morgan fingerprint density at radius 2 is 1.02 bits per heavy atom. The predicted octanol–water partition coefficient (Wildman–Crippen LogP) is 13.3. The first-order valence-electron chi connectivity index (χ1n) is 18.2. The van der Waals surface area contributed by atoms with Gasteiger partial charge in [-0.2, -0.15) is 0 Å². The van der Waals surface area contributed by atoms with Crippen LogP contribution in [0.25, 0.3) is 105 Å². The van der Waals surface area contributed by atoms with Crippen LogP contribution in [-0.2, 0) is 0 Å². The summed E-state index contributed by atoms with van der Waals surface area (Å²) >= 11 is 0. The molecule has 3 heterocycles. The number of benzene rings is 8. The minimum atomic E-state index is 0.616. The number of para-hydroxylation sites is 3. The van der Waals surface area contributed by atoms with E-state index >= 15 is 0 Å². The van der Waals surface area contributed by atoms with E-state index in [9.17, 15) is 0 Å². The summed E-state index contributed by atoms with van der Waals surface area (Å²) in [6, 6.07) is 66.0. The van der Waals surface area contributed by atoms with Crippen molar-refractivity contribution in [1.82, 2.24) is 14.5 Å². The summed E-state index contributed by atoms with van der Waals surface area (Å²) in [6.07, 6.45) is 0. The number of hydrogen-bond acceptors (Lipinski definition) is 3. The highest BCUT2D eigenvalue weighted by Crippen LogP contribution is 2.42. The second-order valence-corrected chi connectivity index (χ2v) is 13.8. The van der Waals surface area contributed by atoms with E-state index < -0.39 is 0 Å². The Hall–Kier alpha value is -7.30. The first kappa shape index (κ1) is 30.3. The summed E-state index contributed by atoms with van der Waals surface area (Å²) in [4.78, 5) is 10.6. The fraction of sp³-hybridized carbons (Fsp3) is 0. The van der Waals surface area contributed by atoms with Crippen LogP contribution in [0.15, 0.2) is 192 Å². The second kappa shape index (κ2) is 12.1. The highest BCUT2D eigenvalue weighted by atomic mass is 16.3. The van der Waals surface area contributed by atoms with Gasteiger partial charge in [0.25, 0.3) is 0 Å². The molecule has 3 aromatic heterocycles. The van der Waals surface area contributed by atoms with Gasteiger partial charge in [-0.05, 0) is 70.4 Å².